The van der Waals surface area contributed by atoms with Crippen molar-refractivity contribution in [2.24, 2.45) is 5.73 Å². The molecule has 0 aliphatic rings. The third kappa shape index (κ3) is 2.23. The summed E-state index contributed by atoms with van der Waals surface area (Å²) in [6.07, 6.45) is 2.49. The van der Waals surface area contributed by atoms with Gasteiger partial charge in [-0.2, -0.15) is 0 Å². The number of aromatic amines is 1. The molecular weight excluding hydrogens is 142 g/mol. The number of aromatic nitrogens is 2. The second-order valence-electron chi connectivity index (χ2n) is 2.32. The molecule has 0 bridgehead atoms. The molecule has 0 unspecified atom stereocenters. The van der Waals surface area contributed by atoms with Gasteiger partial charge < -0.3 is 15.5 Å². The first-order chi connectivity index (χ1) is 5.34. The van der Waals surface area contributed by atoms with Gasteiger partial charge in [-0.1, -0.05) is 0 Å². The summed E-state index contributed by atoms with van der Waals surface area (Å²) in [5.74, 6) is 0.679. The van der Waals surface area contributed by atoms with Crippen molar-refractivity contribution in [1.29, 1.82) is 0 Å². The van der Waals surface area contributed by atoms with Crippen molar-refractivity contribution in [1.82, 2.24) is 9.97 Å². The number of nitrogens with zero attached hydrogens (tertiary/aromatic N) is 1. The molecule has 0 saturated carbocycles. The van der Waals surface area contributed by atoms with E-state index in [-0.39, 0.29) is 0 Å². The van der Waals surface area contributed by atoms with Crippen molar-refractivity contribution in [2.75, 3.05) is 13.2 Å². The molecule has 11 heavy (non-hydrogen) atoms. The van der Waals surface area contributed by atoms with Gasteiger partial charge in [0.1, 0.15) is 0 Å². The summed E-state index contributed by atoms with van der Waals surface area (Å²) in [5.41, 5.74) is 6.26. The van der Waals surface area contributed by atoms with Gasteiger partial charge in [0.25, 0.3) is 0 Å². The van der Waals surface area contributed by atoms with Crippen LogP contribution in [0.3, 0.4) is 0 Å². The molecule has 0 aliphatic heterocycles. The fraction of sp³-hybridized carbons (Fsp3) is 0.571. The molecule has 0 saturated heterocycles. The van der Waals surface area contributed by atoms with Crippen LogP contribution in [0, 0.1) is 6.92 Å². The minimum absolute atomic E-state index is 0.641. The third-order valence-corrected chi connectivity index (χ3v) is 1.37. The number of H-pyrrole nitrogens is 1. The number of imidazole rings is 1. The van der Waals surface area contributed by atoms with Gasteiger partial charge in [0.05, 0.1) is 18.6 Å². The van der Waals surface area contributed by atoms with E-state index in [1.165, 1.54) is 0 Å². The maximum Gasteiger partial charge on any atom is 0.234 e. The predicted octanol–water partition coefficient (Wildman–Crippen LogP) is 0.446. The van der Waals surface area contributed by atoms with Crippen molar-refractivity contribution >= 4 is 0 Å². The Balaban J connectivity index is 2.32. The van der Waals surface area contributed by atoms with Crippen molar-refractivity contribution in [3.05, 3.63) is 12.0 Å². The molecule has 0 aromatic carbocycles. The van der Waals surface area contributed by atoms with Crippen LogP contribution in [0.5, 0.6) is 5.88 Å². The van der Waals surface area contributed by atoms with E-state index >= 15 is 0 Å². The molecule has 1 aromatic heterocycles. The van der Waals surface area contributed by atoms with Crippen LogP contribution in [-0.2, 0) is 0 Å². The lowest BCUT2D eigenvalue weighted by Crippen LogP contribution is -2.06. The van der Waals surface area contributed by atoms with Gasteiger partial charge >= 0.3 is 0 Å². The van der Waals surface area contributed by atoms with Gasteiger partial charge in [0.2, 0.25) is 5.88 Å². The summed E-state index contributed by atoms with van der Waals surface area (Å²) in [7, 11) is 0. The predicted molar refractivity (Wildman–Crippen MR) is 42.5 cm³/mol. The molecule has 0 amide bonds. The quantitative estimate of drug-likeness (QED) is 0.620. The van der Waals surface area contributed by atoms with Crippen LogP contribution >= 0.6 is 0 Å². The summed E-state index contributed by atoms with van der Waals surface area (Å²) >= 11 is 0. The summed E-state index contributed by atoms with van der Waals surface area (Å²) < 4.78 is 5.29. The molecule has 0 aliphatic carbocycles. The fourth-order valence-electron chi connectivity index (χ4n) is 0.744. The standard InChI is InChI=1S/C7H13N3O/c1-6-7(10-5-9-6)11-4-2-3-8/h5H,2-4,8H2,1H3,(H,9,10). The van der Waals surface area contributed by atoms with Crippen LogP contribution in [0.4, 0.5) is 0 Å². The maximum absolute atomic E-state index is 5.30. The lowest BCUT2D eigenvalue weighted by molar-refractivity contribution is 0.301. The lowest BCUT2D eigenvalue weighted by atomic mass is 10.4. The van der Waals surface area contributed by atoms with Gasteiger partial charge in [-0.3, -0.25) is 0 Å². The Morgan fingerprint density at radius 3 is 3.09 bits per heavy atom. The van der Waals surface area contributed by atoms with Crippen molar-refractivity contribution in [2.45, 2.75) is 13.3 Å². The molecule has 1 aromatic rings. The second kappa shape index (κ2) is 3.98. The van der Waals surface area contributed by atoms with Crippen LogP contribution in [0.1, 0.15) is 12.1 Å². The van der Waals surface area contributed by atoms with E-state index < -0.39 is 0 Å². The topological polar surface area (TPSA) is 63.9 Å². The highest BCUT2D eigenvalue weighted by molar-refractivity contribution is 5.15. The highest BCUT2D eigenvalue weighted by Gasteiger charge is 1.99. The minimum Gasteiger partial charge on any atom is -0.476 e. The van der Waals surface area contributed by atoms with Gasteiger partial charge in [-0.05, 0) is 19.9 Å². The highest BCUT2D eigenvalue weighted by Crippen LogP contribution is 2.09. The van der Waals surface area contributed by atoms with Gasteiger partial charge in [0, 0.05) is 0 Å². The Hall–Kier alpha value is -1.03. The zero-order valence-corrected chi connectivity index (χ0v) is 6.63. The maximum atomic E-state index is 5.30. The van der Waals surface area contributed by atoms with Gasteiger partial charge in [-0.15, -0.1) is 0 Å². The van der Waals surface area contributed by atoms with Gasteiger partial charge in [-0.25, -0.2) is 4.98 Å². The van der Waals surface area contributed by atoms with Crippen molar-refractivity contribution < 1.29 is 4.74 Å². The molecule has 4 nitrogen and oxygen atoms in total. The Morgan fingerprint density at radius 2 is 2.55 bits per heavy atom. The normalized spacial score (nSPS) is 10.0. The Morgan fingerprint density at radius 1 is 1.73 bits per heavy atom. The van der Waals surface area contributed by atoms with E-state index in [1.807, 2.05) is 6.92 Å². The number of ether oxygens (including phenoxy) is 1. The van der Waals surface area contributed by atoms with E-state index in [9.17, 15) is 0 Å². The average Bonchev–Trinajstić information content (AvgIpc) is 2.37. The molecule has 0 radical (unpaired) electrons. The Bertz CT molecular complexity index is 209. The summed E-state index contributed by atoms with van der Waals surface area (Å²) in [5, 5.41) is 0. The monoisotopic (exact) mass is 155 g/mol. The number of nitrogens with one attached hydrogen (secondary N) is 1. The van der Waals surface area contributed by atoms with Crippen molar-refractivity contribution in [3.63, 3.8) is 0 Å². The number of hydrogen-bond donors (Lipinski definition) is 2. The molecule has 0 atom stereocenters. The SMILES string of the molecule is Cc1[nH]cnc1OCCCN. The van der Waals surface area contributed by atoms with E-state index in [1.54, 1.807) is 6.33 Å². The van der Waals surface area contributed by atoms with E-state index in [4.69, 9.17) is 10.5 Å². The van der Waals surface area contributed by atoms with E-state index in [0.717, 1.165) is 12.1 Å². The summed E-state index contributed by atoms with van der Waals surface area (Å²) in [4.78, 5) is 6.90. The van der Waals surface area contributed by atoms with E-state index in [2.05, 4.69) is 9.97 Å². The second-order valence-corrected chi connectivity index (χ2v) is 2.32. The Kier molecular flexibility index (Phi) is 2.92. The zero-order valence-electron chi connectivity index (χ0n) is 6.63. The molecule has 62 valence electrons. The molecule has 4 heteroatoms. The first-order valence-corrected chi connectivity index (χ1v) is 3.67. The number of aryl methyl sites for hydroxylation is 1. The van der Waals surface area contributed by atoms with Crippen LogP contribution < -0.4 is 10.5 Å². The highest BCUT2D eigenvalue weighted by atomic mass is 16.5. The smallest absolute Gasteiger partial charge is 0.234 e. The Labute approximate surface area is 65.8 Å². The van der Waals surface area contributed by atoms with Crippen LogP contribution in [0.2, 0.25) is 0 Å². The zero-order chi connectivity index (χ0) is 8.10. The molecule has 1 rings (SSSR count). The fourth-order valence-corrected chi connectivity index (χ4v) is 0.744. The largest absolute Gasteiger partial charge is 0.476 e. The van der Waals surface area contributed by atoms with Crippen LogP contribution in [0.15, 0.2) is 6.33 Å². The third-order valence-electron chi connectivity index (χ3n) is 1.37. The first kappa shape index (κ1) is 8.07. The summed E-state index contributed by atoms with van der Waals surface area (Å²) in [6, 6.07) is 0. The minimum atomic E-state index is 0.641. The van der Waals surface area contributed by atoms with Gasteiger partial charge in [0.15, 0.2) is 0 Å². The van der Waals surface area contributed by atoms with Crippen molar-refractivity contribution in [3.8, 4) is 5.88 Å². The molecule has 0 fully saturated rings. The average molecular weight is 155 g/mol. The number of nitrogens with two attached hydrogens (primary N) is 1. The molecule has 1 heterocycles. The van der Waals surface area contributed by atoms with Crippen LogP contribution in [-0.4, -0.2) is 23.1 Å². The lowest BCUT2D eigenvalue weighted by Gasteiger charge is -2.00. The summed E-state index contributed by atoms with van der Waals surface area (Å²) in [6.45, 7) is 3.22. The molecular formula is C7H13N3O. The molecule has 3 N–H and O–H groups in total. The number of rotatable bonds is 4. The van der Waals surface area contributed by atoms with E-state index in [0.29, 0.717) is 19.0 Å². The molecule has 0 spiro atoms. The number of hydrogen-bond acceptors (Lipinski definition) is 3. The van der Waals surface area contributed by atoms with Crippen LogP contribution in [0.25, 0.3) is 0 Å². The first-order valence-electron chi connectivity index (χ1n) is 3.67.